The number of hydrogen-bond acceptors (Lipinski definition) is 3. The second kappa shape index (κ2) is 12.2. The number of carbonyl (C=O) groups excluding carboxylic acids is 3. The molecule has 0 aliphatic carbocycles. The molecule has 2 aliphatic heterocycles. The van der Waals surface area contributed by atoms with Crippen molar-refractivity contribution in [1.29, 1.82) is 0 Å². The maximum absolute atomic E-state index is 13.5. The summed E-state index contributed by atoms with van der Waals surface area (Å²) in [5.41, 5.74) is 1.61. The van der Waals surface area contributed by atoms with Crippen LogP contribution in [0.15, 0.2) is 59.1 Å². The highest BCUT2D eigenvalue weighted by molar-refractivity contribution is 9.10. The predicted octanol–water partition coefficient (Wildman–Crippen LogP) is 4.43. The topological polar surface area (TPSA) is 81.8 Å². The van der Waals surface area contributed by atoms with Gasteiger partial charge in [-0.05, 0) is 65.7 Å². The summed E-state index contributed by atoms with van der Waals surface area (Å²) in [6.07, 6.45) is 5.09. The predicted molar refractivity (Wildman–Crippen MR) is 140 cm³/mol. The third-order valence-electron chi connectivity index (χ3n) is 6.83. The van der Waals surface area contributed by atoms with Gasteiger partial charge in [-0.25, -0.2) is 4.79 Å². The molecule has 0 aromatic heterocycles. The Kier molecular flexibility index (Phi) is 8.79. The number of amides is 4. The van der Waals surface area contributed by atoms with Gasteiger partial charge >= 0.3 is 6.03 Å². The number of nitrogens with zero attached hydrogens (tertiary/aromatic N) is 2. The van der Waals surface area contributed by atoms with Gasteiger partial charge in [0.05, 0.1) is 5.69 Å². The van der Waals surface area contributed by atoms with Gasteiger partial charge in [-0.1, -0.05) is 42.5 Å². The average molecular weight is 541 g/mol. The van der Waals surface area contributed by atoms with Crippen LogP contribution in [0.3, 0.4) is 0 Å². The van der Waals surface area contributed by atoms with E-state index in [1.54, 1.807) is 11.0 Å². The maximum atomic E-state index is 13.5. The van der Waals surface area contributed by atoms with Gasteiger partial charge in [0.2, 0.25) is 11.8 Å². The molecule has 0 bridgehead atoms. The second-order valence-corrected chi connectivity index (χ2v) is 10.2. The Balaban J connectivity index is 1.39. The Labute approximate surface area is 215 Å². The lowest BCUT2D eigenvalue weighted by Gasteiger charge is -2.37. The molecule has 0 spiro atoms. The zero-order valence-corrected chi connectivity index (χ0v) is 21.5. The molecular formula is C27H33BrN4O3. The van der Waals surface area contributed by atoms with E-state index >= 15 is 0 Å². The number of anilines is 1. The van der Waals surface area contributed by atoms with Crippen LogP contribution in [0.2, 0.25) is 0 Å². The summed E-state index contributed by atoms with van der Waals surface area (Å²) in [7, 11) is 0. The van der Waals surface area contributed by atoms with E-state index in [4.69, 9.17) is 0 Å². The van der Waals surface area contributed by atoms with Gasteiger partial charge in [0, 0.05) is 43.0 Å². The van der Waals surface area contributed by atoms with Crippen LogP contribution in [0.4, 0.5) is 10.5 Å². The summed E-state index contributed by atoms with van der Waals surface area (Å²) < 4.78 is 0.765. The van der Waals surface area contributed by atoms with Crippen LogP contribution < -0.4 is 10.6 Å². The molecule has 7 nitrogen and oxygen atoms in total. The first-order chi connectivity index (χ1) is 17.0. The minimum atomic E-state index is -0.700. The van der Waals surface area contributed by atoms with Crippen molar-refractivity contribution in [3.05, 3.63) is 64.6 Å². The quantitative estimate of drug-likeness (QED) is 0.568. The van der Waals surface area contributed by atoms with Crippen molar-refractivity contribution in [2.24, 2.45) is 5.92 Å². The lowest BCUT2D eigenvalue weighted by Crippen LogP contribution is -2.53. The first kappa shape index (κ1) is 25.2. The normalized spacial score (nSPS) is 17.5. The van der Waals surface area contributed by atoms with Crippen LogP contribution in [0.1, 0.15) is 37.7 Å². The van der Waals surface area contributed by atoms with Gasteiger partial charge < -0.3 is 20.4 Å². The summed E-state index contributed by atoms with van der Waals surface area (Å²) >= 11 is 3.43. The number of benzene rings is 2. The van der Waals surface area contributed by atoms with Crippen LogP contribution in [-0.4, -0.2) is 59.9 Å². The number of nitrogens with one attached hydrogen (secondary N) is 2. The number of likely N-dealkylation sites (tertiary alicyclic amines) is 2. The molecule has 4 rings (SSSR count). The van der Waals surface area contributed by atoms with Crippen LogP contribution in [-0.2, 0) is 16.0 Å². The Morgan fingerprint density at radius 1 is 0.857 bits per heavy atom. The molecule has 0 radical (unpaired) electrons. The SMILES string of the molecule is O=C(Nc1ccccc1Br)N[C@@H](Cc1ccccc1)C(=O)N1CCC(C(=O)N2CCCCC2)CC1. The highest BCUT2D eigenvalue weighted by Gasteiger charge is 2.33. The number of urea groups is 1. The molecule has 2 aromatic rings. The molecule has 2 N–H and O–H groups in total. The van der Waals surface area contributed by atoms with Crippen molar-refractivity contribution in [2.75, 3.05) is 31.5 Å². The third-order valence-corrected chi connectivity index (χ3v) is 7.52. The van der Waals surface area contributed by atoms with Crippen molar-refractivity contribution in [2.45, 2.75) is 44.6 Å². The van der Waals surface area contributed by atoms with E-state index in [9.17, 15) is 14.4 Å². The number of carbonyl (C=O) groups is 3. The molecule has 2 heterocycles. The van der Waals surface area contributed by atoms with Crippen molar-refractivity contribution in [3.8, 4) is 0 Å². The molecule has 186 valence electrons. The number of rotatable bonds is 6. The first-order valence-corrected chi connectivity index (χ1v) is 13.2. The van der Waals surface area contributed by atoms with E-state index in [2.05, 4.69) is 26.6 Å². The Hall–Kier alpha value is -2.87. The van der Waals surface area contributed by atoms with E-state index in [-0.39, 0.29) is 17.7 Å². The summed E-state index contributed by atoms with van der Waals surface area (Å²) in [6, 6.07) is 15.9. The van der Waals surface area contributed by atoms with Crippen molar-refractivity contribution >= 4 is 39.5 Å². The second-order valence-electron chi connectivity index (χ2n) is 9.31. The van der Waals surface area contributed by atoms with Crippen LogP contribution in [0, 0.1) is 5.92 Å². The zero-order chi connectivity index (χ0) is 24.6. The molecule has 4 amide bonds. The Bertz CT molecular complexity index is 1020. The van der Waals surface area contributed by atoms with Gasteiger partial charge in [0.15, 0.2) is 0 Å². The van der Waals surface area contributed by atoms with Gasteiger partial charge in [-0.15, -0.1) is 0 Å². The number of hydrogen-bond donors (Lipinski definition) is 2. The fraction of sp³-hybridized carbons (Fsp3) is 0.444. The van der Waals surface area contributed by atoms with Gasteiger partial charge in [0.25, 0.3) is 0 Å². The smallest absolute Gasteiger partial charge is 0.319 e. The minimum Gasteiger partial charge on any atom is -0.342 e. The average Bonchev–Trinajstić information content (AvgIpc) is 2.90. The highest BCUT2D eigenvalue weighted by atomic mass is 79.9. The summed E-state index contributed by atoms with van der Waals surface area (Å²) in [5.74, 6) is 0.111. The van der Waals surface area contributed by atoms with E-state index in [0.29, 0.717) is 38.0 Å². The van der Waals surface area contributed by atoms with E-state index in [1.807, 2.05) is 53.4 Å². The minimum absolute atomic E-state index is 0.0172. The number of para-hydroxylation sites is 1. The highest BCUT2D eigenvalue weighted by Crippen LogP contribution is 2.23. The van der Waals surface area contributed by atoms with Gasteiger partial charge in [-0.2, -0.15) is 0 Å². The summed E-state index contributed by atoms with van der Waals surface area (Å²) in [6.45, 7) is 2.77. The monoisotopic (exact) mass is 540 g/mol. The lowest BCUT2D eigenvalue weighted by atomic mass is 9.93. The van der Waals surface area contributed by atoms with Crippen LogP contribution in [0.5, 0.6) is 0 Å². The number of halogens is 1. The molecule has 35 heavy (non-hydrogen) atoms. The van der Waals surface area contributed by atoms with E-state index in [1.165, 1.54) is 6.42 Å². The standard InChI is InChI=1S/C27H33BrN4O3/c28-22-11-5-6-12-23(22)29-27(35)30-24(19-20-9-3-1-4-10-20)26(34)32-17-13-21(14-18-32)25(33)31-15-7-2-8-16-31/h1,3-6,9-12,21,24H,2,7-8,13-19H2,(H2,29,30,35)/t24-/m0/s1. The number of piperidine rings is 2. The molecule has 2 aliphatic rings. The largest absolute Gasteiger partial charge is 0.342 e. The van der Waals surface area contributed by atoms with E-state index in [0.717, 1.165) is 36.0 Å². The maximum Gasteiger partial charge on any atom is 0.319 e. The molecule has 2 fully saturated rings. The molecular weight excluding hydrogens is 508 g/mol. The molecule has 0 unspecified atom stereocenters. The fourth-order valence-electron chi connectivity index (χ4n) is 4.87. The lowest BCUT2D eigenvalue weighted by molar-refractivity contribution is -0.142. The fourth-order valence-corrected chi connectivity index (χ4v) is 5.25. The summed E-state index contributed by atoms with van der Waals surface area (Å²) in [4.78, 5) is 43.0. The molecule has 2 aromatic carbocycles. The van der Waals surface area contributed by atoms with Crippen molar-refractivity contribution in [3.63, 3.8) is 0 Å². The van der Waals surface area contributed by atoms with Crippen molar-refractivity contribution < 1.29 is 14.4 Å². The van der Waals surface area contributed by atoms with Gasteiger partial charge in [0.1, 0.15) is 6.04 Å². The van der Waals surface area contributed by atoms with E-state index < -0.39 is 12.1 Å². The van der Waals surface area contributed by atoms with Gasteiger partial charge in [-0.3, -0.25) is 9.59 Å². The Morgan fingerprint density at radius 3 is 2.20 bits per heavy atom. The molecule has 8 heteroatoms. The third kappa shape index (κ3) is 6.84. The first-order valence-electron chi connectivity index (χ1n) is 12.4. The Morgan fingerprint density at radius 2 is 1.51 bits per heavy atom. The molecule has 1 atom stereocenters. The van der Waals surface area contributed by atoms with Crippen molar-refractivity contribution in [1.82, 2.24) is 15.1 Å². The summed E-state index contributed by atoms with van der Waals surface area (Å²) in [5, 5.41) is 5.71. The van der Waals surface area contributed by atoms with Crippen LogP contribution >= 0.6 is 15.9 Å². The zero-order valence-electron chi connectivity index (χ0n) is 19.9. The van der Waals surface area contributed by atoms with Crippen LogP contribution in [0.25, 0.3) is 0 Å². The molecule has 2 saturated heterocycles. The molecule has 0 saturated carbocycles.